The zero-order valence-corrected chi connectivity index (χ0v) is 15.4. The van der Waals surface area contributed by atoms with E-state index in [1.807, 2.05) is 0 Å². The lowest BCUT2D eigenvalue weighted by atomic mass is 10.1. The van der Waals surface area contributed by atoms with Gasteiger partial charge in [-0.1, -0.05) is 18.2 Å². The van der Waals surface area contributed by atoms with E-state index in [0.29, 0.717) is 11.3 Å². The maximum atomic E-state index is 12.1. The second-order valence-electron chi connectivity index (χ2n) is 5.77. The Hall–Kier alpha value is -2.43. The van der Waals surface area contributed by atoms with Crippen LogP contribution in [0.4, 0.5) is 5.69 Å². The quantitative estimate of drug-likeness (QED) is 0.525. The largest absolute Gasteiger partial charge is 0.479 e. The predicted octanol–water partition coefficient (Wildman–Crippen LogP) is 1.04. The average Bonchev–Trinajstić information content (AvgIpc) is 3.10. The number of carboxylic acids is 1. The van der Waals surface area contributed by atoms with Gasteiger partial charge in [-0.3, -0.25) is 9.52 Å². The minimum Gasteiger partial charge on any atom is -0.479 e. The van der Waals surface area contributed by atoms with Crippen molar-refractivity contribution in [1.82, 2.24) is 5.32 Å². The van der Waals surface area contributed by atoms with Crippen molar-refractivity contribution in [2.45, 2.75) is 23.2 Å². The molecule has 2 rings (SSSR count). The first-order valence-corrected chi connectivity index (χ1v) is 9.84. The van der Waals surface area contributed by atoms with Gasteiger partial charge in [0.2, 0.25) is 5.91 Å². The van der Waals surface area contributed by atoms with Crippen molar-refractivity contribution in [2.24, 2.45) is 0 Å². The summed E-state index contributed by atoms with van der Waals surface area (Å²) < 4.78 is 26.9. The third-order valence-corrected chi connectivity index (χ3v) is 6.20. The van der Waals surface area contributed by atoms with E-state index in [-0.39, 0.29) is 10.6 Å². The second-order valence-corrected chi connectivity index (χ2v) is 8.62. The lowest BCUT2D eigenvalue weighted by molar-refractivity contribution is -0.156. The summed E-state index contributed by atoms with van der Waals surface area (Å²) in [6, 6.07) is 9.37. The van der Waals surface area contributed by atoms with Crippen molar-refractivity contribution in [3.8, 4) is 0 Å². The molecule has 0 saturated carbocycles. The molecule has 0 spiro atoms. The Labute approximate surface area is 154 Å². The van der Waals surface area contributed by atoms with Crippen molar-refractivity contribution in [3.05, 3.63) is 47.3 Å². The minimum atomic E-state index is -3.63. The molecule has 0 fully saturated rings. The van der Waals surface area contributed by atoms with Gasteiger partial charge in [0.05, 0.1) is 13.0 Å². The summed E-state index contributed by atoms with van der Waals surface area (Å²) in [5.41, 5.74) is -1.08. The molecular weight excluding hydrogens is 380 g/mol. The highest BCUT2D eigenvalue weighted by molar-refractivity contribution is 7.94. The van der Waals surface area contributed by atoms with Crippen LogP contribution in [0.1, 0.15) is 12.5 Å². The molecule has 8 nitrogen and oxygen atoms in total. The summed E-state index contributed by atoms with van der Waals surface area (Å²) in [4.78, 5) is 22.6. The molecule has 1 aromatic heterocycles. The number of hydrogen-bond donors (Lipinski definition) is 4. The number of aliphatic carboxylic acids is 1. The summed E-state index contributed by atoms with van der Waals surface area (Å²) in [5.74, 6) is -1.89. The maximum Gasteiger partial charge on any atom is 0.337 e. The second kappa shape index (κ2) is 7.85. The van der Waals surface area contributed by atoms with Crippen molar-refractivity contribution in [2.75, 3.05) is 11.3 Å². The molecule has 0 aliphatic carbocycles. The summed E-state index contributed by atoms with van der Waals surface area (Å²) >= 11 is 1.10. The number of rotatable bonds is 8. The number of benzene rings is 1. The monoisotopic (exact) mass is 398 g/mol. The van der Waals surface area contributed by atoms with Gasteiger partial charge in [0.15, 0.2) is 5.60 Å². The van der Waals surface area contributed by atoms with E-state index in [4.69, 9.17) is 5.11 Å². The Kier molecular flexibility index (Phi) is 6.01. The van der Waals surface area contributed by atoms with Gasteiger partial charge in [-0.25, -0.2) is 13.2 Å². The van der Waals surface area contributed by atoms with Crippen molar-refractivity contribution >= 4 is 38.9 Å². The van der Waals surface area contributed by atoms with Crippen LogP contribution in [0.25, 0.3) is 0 Å². The van der Waals surface area contributed by atoms with E-state index in [0.717, 1.165) is 18.3 Å². The molecule has 1 heterocycles. The van der Waals surface area contributed by atoms with Crippen LogP contribution in [-0.2, 0) is 26.0 Å². The van der Waals surface area contributed by atoms with Crippen LogP contribution in [0.2, 0.25) is 0 Å². The van der Waals surface area contributed by atoms with Gasteiger partial charge in [-0.05, 0) is 36.1 Å². The first kappa shape index (κ1) is 19.9. The van der Waals surface area contributed by atoms with E-state index in [1.165, 1.54) is 18.2 Å². The first-order chi connectivity index (χ1) is 12.1. The fourth-order valence-electron chi connectivity index (χ4n) is 1.91. The third kappa shape index (κ3) is 5.28. The zero-order chi connectivity index (χ0) is 19.4. The van der Waals surface area contributed by atoms with Gasteiger partial charge in [0.25, 0.3) is 10.0 Å². The molecule has 0 aliphatic heterocycles. The molecule has 1 atom stereocenters. The Balaban J connectivity index is 1.93. The number of nitrogens with one attached hydrogen (secondary N) is 2. The van der Waals surface area contributed by atoms with E-state index in [1.54, 1.807) is 23.6 Å². The molecule has 26 heavy (non-hydrogen) atoms. The van der Waals surface area contributed by atoms with E-state index in [2.05, 4.69) is 10.0 Å². The smallest absolute Gasteiger partial charge is 0.337 e. The molecule has 1 amide bonds. The molecule has 0 radical (unpaired) electrons. The van der Waals surface area contributed by atoms with Crippen LogP contribution in [0.15, 0.2) is 46.0 Å². The number of hydrogen-bond acceptors (Lipinski definition) is 6. The molecule has 1 unspecified atom stereocenters. The van der Waals surface area contributed by atoms with Gasteiger partial charge in [0, 0.05) is 5.69 Å². The fraction of sp³-hybridized carbons (Fsp3) is 0.250. The number of carboxylic acid groups (broad SMARTS) is 1. The fourth-order valence-corrected chi connectivity index (χ4v) is 3.96. The highest BCUT2D eigenvalue weighted by atomic mass is 32.2. The number of sulfonamides is 1. The summed E-state index contributed by atoms with van der Waals surface area (Å²) in [5, 5.41) is 22.3. The standard InChI is InChI=1S/C16H18N2O6S2/c1-16(22,15(20)21)10-17-13(19)9-11-4-6-12(7-5-11)18-26(23,24)14-3-2-8-25-14/h2-8,18,22H,9-10H2,1H3,(H,17,19)(H,20,21). The Bertz CT molecular complexity index is 874. The molecule has 0 aliphatic rings. The zero-order valence-electron chi connectivity index (χ0n) is 13.8. The Morgan fingerprint density at radius 1 is 1.19 bits per heavy atom. The number of carbonyl (C=O) groups is 2. The normalized spacial score (nSPS) is 13.6. The molecule has 4 N–H and O–H groups in total. The minimum absolute atomic E-state index is 0.0341. The average molecular weight is 398 g/mol. The van der Waals surface area contributed by atoms with E-state index < -0.39 is 34.0 Å². The summed E-state index contributed by atoms with van der Waals surface area (Å²) in [6.45, 7) is 0.671. The number of anilines is 1. The lowest BCUT2D eigenvalue weighted by Crippen LogP contribution is -2.46. The van der Waals surface area contributed by atoms with Crippen molar-refractivity contribution in [1.29, 1.82) is 0 Å². The molecule has 10 heteroatoms. The van der Waals surface area contributed by atoms with Gasteiger partial charge in [-0.2, -0.15) is 0 Å². The van der Waals surface area contributed by atoms with Crippen LogP contribution in [-0.4, -0.2) is 42.7 Å². The number of amides is 1. The molecule has 0 bridgehead atoms. The van der Waals surface area contributed by atoms with Gasteiger partial charge < -0.3 is 15.5 Å². The number of aliphatic hydroxyl groups is 1. The summed E-state index contributed by atoms with van der Waals surface area (Å²) in [7, 11) is -3.63. The van der Waals surface area contributed by atoms with Gasteiger partial charge in [-0.15, -0.1) is 11.3 Å². The third-order valence-electron chi connectivity index (χ3n) is 3.42. The topological polar surface area (TPSA) is 133 Å². The lowest BCUT2D eigenvalue weighted by Gasteiger charge is -2.18. The van der Waals surface area contributed by atoms with Crippen LogP contribution in [0, 0.1) is 0 Å². The Morgan fingerprint density at radius 2 is 1.85 bits per heavy atom. The van der Waals surface area contributed by atoms with Gasteiger partial charge >= 0.3 is 5.97 Å². The SMILES string of the molecule is CC(O)(CNC(=O)Cc1ccc(NS(=O)(=O)c2cccs2)cc1)C(=O)O. The van der Waals surface area contributed by atoms with Crippen molar-refractivity contribution < 1.29 is 28.2 Å². The van der Waals surface area contributed by atoms with Crippen LogP contribution in [0.5, 0.6) is 0 Å². The van der Waals surface area contributed by atoms with E-state index in [9.17, 15) is 23.1 Å². The van der Waals surface area contributed by atoms with Gasteiger partial charge in [0.1, 0.15) is 4.21 Å². The Morgan fingerprint density at radius 3 is 2.38 bits per heavy atom. The molecule has 1 aromatic carbocycles. The molecule has 140 valence electrons. The van der Waals surface area contributed by atoms with Crippen LogP contribution < -0.4 is 10.0 Å². The number of thiophene rings is 1. The highest BCUT2D eigenvalue weighted by Crippen LogP contribution is 2.20. The first-order valence-electron chi connectivity index (χ1n) is 7.48. The molecule has 0 saturated heterocycles. The number of carbonyl (C=O) groups excluding carboxylic acids is 1. The van der Waals surface area contributed by atoms with E-state index >= 15 is 0 Å². The van der Waals surface area contributed by atoms with Crippen LogP contribution in [0.3, 0.4) is 0 Å². The maximum absolute atomic E-state index is 12.1. The van der Waals surface area contributed by atoms with Crippen molar-refractivity contribution in [3.63, 3.8) is 0 Å². The molecule has 2 aromatic rings. The molecular formula is C16H18N2O6S2. The summed E-state index contributed by atoms with van der Waals surface area (Å²) in [6.07, 6.45) is -0.0341. The highest BCUT2D eigenvalue weighted by Gasteiger charge is 2.30. The predicted molar refractivity (Wildman–Crippen MR) is 96.5 cm³/mol. The van der Waals surface area contributed by atoms with Crippen LogP contribution >= 0.6 is 11.3 Å².